The highest BCUT2D eigenvalue weighted by Gasteiger charge is 2.44. The molecule has 0 aromatic heterocycles. The third kappa shape index (κ3) is 5.14. The molecule has 0 atom stereocenters. The number of nitrogens with zero attached hydrogens (tertiary/aromatic N) is 1. The Bertz CT molecular complexity index is 1780. The zero-order valence-corrected chi connectivity index (χ0v) is 25.0. The number of aliphatic hydroxyl groups is 1. The Kier molecular flexibility index (Phi) is 7.22. The molecule has 1 aliphatic heterocycles. The van der Waals surface area contributed by atoms with E-state index >= 15 is 0 Å². The van der Waals surface area contributed by atoms with E-state index in [4.69, 9.17) is 9.39 Å². The van der Waals surface area contributed by atoms with Crippen molar-refractivity contribution in [1.82, 2.24) is 0 Å². The van der Waals surface area contributed by atoms with Crippen molar-refractivity contribution in [3.8, 4) is 34.1 Å². The molecule has 5 aromatic rings. The van der Waals surface area contributed by atoms with E-state index in [1.807, 2.05) is 68.4 Å². The van der Waals surface area contributed by atoms with Gasteiger partial charge in [0.1, 0.15) is 5.75 Å². The van der Waals surface area contributed by atoms with Gasteiger partial charge < -0.3 is 14.5 Å². The number of ether oxygens (including phenoxy) is 1. The van der Waals surface area contributed by atoms with Crippen LogP contribution >= 0.6 is 0 Å². The molecular weight excluding hydrogens is 529 g/mol. The summed E-state index contributed by atoms with van der Waals surface area (Å²) < 4.78 is 13.3. The maximum absolute atomic E-state index is 10.6. The van der Waals surface area contributed by atoms with Crippen LogP contribution in [-0.2, 0) is 10.3 Å². The van der Waals surface area contributed by atoms with Crippen molar-refractivity contribution in [1.29, 1.82) is 5.26 Å². The summed E-state index contributed by atoms with van der Waals surface area (Å²) in [6.45, 7) is 7.21. The maximum Gasteiger partial charge on any atom is 0.309 e. The number of hydrogen-bond acceptors (Lipinski definition) is 4. The van der Waals surface area contributed by atoms with Crippen molar-refractivity contribution in [2.45, 2.75) is 44.5 Å². The maximum atomic E-state index is 10.6. The lowest BCUT2D eigenvalue weighted by atomic mass is 9.75. The van der Waals surface area contributed by atoms with Crippen molar-refractivity contribution in [3.05, 3.63) is 144 Å². The summed E-state index contributed by atoms with van der Waals surface area (Å²) >= 11 is 0. The van der Waals surface area contributed by atoms with Crippen molar-refractivity contribution in [2.24, 2.45) is 0 Å². The van der Waals surface area contributed by atoms with E-state index in [1.54, 1.807) is 13.8 Å². The second-order valence-electron chi connectivity index (χ2n) is 12.2. The fourth-order valence-corrected chi connectivity index (χ4v) is 5.64. The van der Waals surface area contributed by atoms with E-state index in [0.29, 0.717) is 5.56 Å². The second kappa shape index (κ2) is 10.9. The average Bonchev–Trinajstić information content (AvgIpc) is 3.03. The highest BCUT2D eigenvalue weighted by Crippen LogP contribution is 2.52. The summed E-state index contributed by atoms with van der Waals surface area (Å²) in [6.07, 6.45) is 0. The smallest absolute Gasteiger partial charge is 0.309 e. The minimum absolute atomic E-state index is 0.263. The first-order chi connectivity index (χ1) is 20.6. The molecule has 4 nitrogen and oxygen atoms in total. The summed E-state index contributed by atoms with van der Waals surface area (Å²) in [5.41, 5.74) is 5.92. The number of hydrogen-bond donors (Lipinski definition) is 1. The topological polar surface area (TPSA) is 62.5 Å². The molecule has 1 aliphatic rings. The molecule has 1 N–H and O–H groups in total. The molecule has 0 radical (unpaired) electrons. The molecule has 0 fully saturated rings. The first kappa shape index (κ1) is 28.5. The molecule has 6 rings (SSSR count). The van der Waals surface area contributed by atoms with Crippen LogP contribution in [0.1, 0.15) is 49.9 Å². The second-order valence-corrected chi connectivity index (χ2v) is 12.2. The van der Waals surface area contributed by atoms with Gasteiger partial charge >= 0.3 is 7.48 Å². The molecule has 0 spiro atoms. The number of fused-ring (bicyclic) bond motifs is 3. The van der Waals surface area contributed by atoms with Gasteiger partial charge in [-0.2, -0.15) is 5.26 Å². The van der Waals surface area contributed by atoms with Gasteiger partial charge in [-0.3, -0.25) is 0 Å². The molecule has 0 aliphatic carbocycles. The van der Waals surface area contributed by atoms with Crippen LogP contribution in [0.2, 0.25) is 0 Å². The van der Waals surface area contributed by atoms with E-state index in [-0.39, 0.29) is 7.48 Å². The zero-order valence-electron chi connectivity index (χ0n) is 25.0. The van der Waals surface area contributed by atoms with Gasteiger partial charge in [0.05, 0.1) is 22.8 Å². The first-order valence-corrected chi connectivity index (χ1v) is 14.6. The Morgan fingerprint density at radius 3 is 1.98 bits per heavy atom. The van der Waals surface area contributed by atoms with Gasteiger partial charge in [0.25, 0.3) is 0 Å². The fourth-order valence-electron chi connectivity index (χ4n) is 5.64. The minimum Gasteiger partial charge on any atom is -0.472 e. The molecule has 0 saturated heterocycles. The van der Waals surface area contributed by atoms with E-state index in [0.717, 1.165) is 50.2 Å². The lowest BCUT2D eigenvalue weighted by molar-refractivity contribution is -0.0893. The van der Waals surface area contributed by atoms with Crippen molar-refractivity contribution in [3.63, 3.8) is 0 Å². The summed E-state index contributed by atoms with van der Waals surface area (Å²) in [5, 5.41) is 20.4. The Balaban J connectivity index is 1.48. The Morgan fingerprint density at radius 2 is 1.35 bits per heavy atom. The van der Waals surface area contributed by atoms with Crippen LogP contribution in [0.4, 0.5) is 0 Å². The molecule has 0 amide bonds. The largest absolute Gasteiger partial charge is 0.472 e. The quantitative estimate of drug-likeness (QED) is 0.214. The van der Waals surface area contributed by atoms with Crippen LogP contribution in [-0.4, -0.2) is 23.8 Å². The first-order valence-electron chi connectivity index (χ1n) is 14.6. The van der Waals surface area contributed by atoms with Gasteiger partial charge in [-0.05, 0) is 62.6 Å². The fraction of sp³-hybridized carbons (Fsp3) is 0.184. The summed E-state index contributed by atoms with van der Waals surface area (Å²) in [6, 6.07) is 43.5. The molecule has 0 saturated carbocycles. The van der Waals surface area contributed by atoms with Crippen molar-refractivity contribution >= 4 is 12.9 Å². The summed E-state index contributed by atoms with van der Waals surface area (Å²) in [5.74, 6) is 0.771. The summed E-state index contributed by atoms with van der Waals surface area (Å²) in [7, 11) is 0.263. The van der Waals surface area contributed by atoms with Crippen LogP contribution in [0.5, 0.6) is 5.75 Å². The standard InChI is InChI=1S/C38H34BNO3/c1-36(2,41)37(3,4)43-39-31-22-26(25-40)21-28(23-31)27-19-20-33-32-17-11-12-18-34(32)38(42-35(33)24-27,29-13-7-5-8-14-29)30-15-9-6-10-16-30/h5-24,39,41H,1-4H3. The minimum atomic E-state index is -1.03. The van der Waals surface area contributed by atoms with E-state index in [1.165, 1.54) is 0 Å². The van der Waals surface area contributed by atoms with Crippen LogP contribution in [0, 0.1) is 11.3 Å². The third-order valence-corrected chi connectivity index (χ3v) is 8.73. The van der Waals surface area contributed by atoms with Gasteiger partial charge in [0.2, 0.25) is 0 Å². The van der Waals surface area contributed by atoms with E-state index in [2.05, 4.69) is 72.8 Å². The average molecular weight is 564 g/mol. The van der Waals surface area contributed by atoms with Gasteiger partial charge in [-0.25, -0.2) is 0 Å². The highest BCUT2D eigenvalue weighted by atomic mass is 16.5. The monoisotopic (exact) mass is 563 g/mol. The van der Waals surface area contributed by atoms with Gasteiger partial charge in [0.15, 0.2) is 5.60 Å². The molecule has 5 aromatic carbocycles. The Labute approximate surface area is 254 Å². The lowest BCUT2D eigenvalue weighted by Gasteiger charge is -2.41. The van der Waals surface area contributed by atoms with Crippen LogP contribution < -0.4 is 10.2 Å². The SMILES string of the molecule is CC(C)(O)C(C)(C)OBc1cc(C#N)cc(-c2ccc3c(c2)OC(c2ccccc2)(c2ccccc2)c2ccccc2-3)c1. The molecule has 0 bridgehead atoms. The molecule has 43 heavy (non-hydrogen) atoms. The molecule has 5 heteroatoms. The van der Waals surface area contributed by atoms with Crippen molar-refractivity contribution < 1.29 is 14.5 Å². The predicted molar refractivity (Wildman–Crippen MR) is 174 cm³/mol. The molecule has 212 valence electrons. The Morgan fingerprint density at radius 1 is 0.721 bits per heavy atom. The zero-order chi connectivity index (χ0) is 30.2. The van der Waals surface area contributed by atoms with Crippen molar-refractivity contribution in [2.75, 3.05) is 0 Å². The van der Waals surface area contributed by atoms with Crippen LogP contribution in [0.15, 0.2) is 121 Å². The number of nitriles is 1. The van der Waals surface area contributed by atoms with Gasteiger partial charge in [-0.15, -0.1) is 0 Å². The van der Waals surface area contributed by atoms with Gasteiger partial charge in [0, 0.05) is 22.3 Å². The molecule has 1 heterocycles. The van der Waals surface area contributed by atoms with Gasteiger partial charge in [-0.1, -0.05) is 109 Å². The van der Waals surface area contributed by atoms with E-state index in [9.17, 15) is 10.4 Å². The number of benzene rings is 5. The molecule has 0 unspecified atom stereocenters. The lowest BCUT2D eigenvalue weighted by Crippen LogP contribution is -2.49. The Hall–Kier alpha value is -4.63. The van der Waals surface area contributed by atoms with Crippen LogP contribution in [0.3, 0.4) is 0 Å². The van der Waals surface area contributed by atoms with E-state index < -0.39 is 16.8 Å². The molecular formula is C38H34BNO3. The summed E-state index contributed by atoms with van der Waals surface area (Å²) in [4.78, 5) is 0. The highest BCUT2D eigenvalue weighted by molar-refractivity contribution is 6.47. The number of rotatable bonds is 7. The predicted octanol–water partition coefficient (Wildman–Crippen LogP) is 7.12. The third-order valence-electron chi connectivity index (χ3n) is 8.73. The van der Waals surface area contributed by atoms with Crippen LogP contribution in [0.25, 0.3) is 22.3 Å². The normalized spacial score (nSPS) is 13.7.